The molecule has 0 aliphatic carbocycles. The van der Waals surface area contributed by atoms with Gasteiger partial charge >= 0.3 is 0 Å². The fraction of sp³-hybridized carbons (Fsp3) is 0.500. The van der Waals surface area contributed by atoms with Crippen molar-refractivity contribution in [2.45, 2.75) is 25.7 Å². The molecule has 0 spiro atoms. The molecule has 0 N–H and O–H groups in total. The van der Waals surface area contributed by atoms with Gasteiger partial charge in [0.15, 0.2) is 11.5 Å². The van der Waals surface area contributed by atoms with Gasteiger partial charge in [-0.3, -0.25) is 0 Å². The zero-order valence-electron chi connectivity index (χ0n) is 10.5. The first-order valence-corrected chi connectivity index (χ1v) is 7.34. The molecule has 2 heterocycles. The molecule has 0 unspecified atom stereocenters. The van der Waals surface area contributed by atoms with Crippen molar-refractivity contribution in [1.82, 2.24) is 9.88 Å². The fourth-order valence-corrected chi connectivity index (χ4v) is 2.94. The Labute approximate surface area is 115 Å². The summed E-state index contributed by atoms with van der Waals surface area (Å²) in [5.41, 5.74) is 1.85. The molecule has 4 heteroatoms. The van der Waals surface area contributed by atoms with Gasteiger partial charge in [-0.2, -0.15) is 0 Å². The lowest BCUT2D eigenvalue weighted by Crippen LogP contribution is -2.32. The van der Waals surface area contributed by atoms with Crippen LogP contribution in [0.1, 0.15) is 31.6 Å². The van der Waals surface area contributed by atoms with E-state index >= 15 is 0 Å². The van der Waals surface area contributed by atoms with Crippen molar-refractivity contribution in [3.63, 3.8) is 0 Å². The van der Waals surface area contributed by atoms with Gasteiger partial charge in [-0.25, -0.2) is 4.98 Å². The number of fused-ring (bicyclic) bond motifs is 1. The summed E-state index contributed by atoms with van der Waals surface area (Å²) in [5, 5.41) is 0. The lowest BCUT2D eigenvalue weighted by Gasteiger charge is -2.29. The van der Waals surface area contributed by atoms with Gasteiger partial charge in [-0.05, 0) is 50.7 Å². The van der Waals surface area contributed by atoms with Gasteiger partial charge in [0, 0.05) is 10.4 Å². The second kappa shape index (κ2) is 5.02. The Balaban J connectivity index is 1.82. The van der Waals surface area contributed by atoms with Gasteiger partial charge in [0.1, 0.15) is 5.52 Å². The number of hydrogen-bond acceptors (Lipinski definition) is 3. The molecule has 1 aromatic heterocycles. The van der Waals surface area contributed by atoms with Crippen LogP contribution < -0.4 is 0 Å². The third-order valence-electron chi connectivity index (χ3n) is 3.75. The number of nitrogens with zero attached hydrogens (tertiary/aromatic N) is 2. The highest BCUT2D eigenvalue weighted by Gasteiger charge is 2.23. The predicted molar refractivity (Wildman–Crippen MR) is 75.8 cm³/mol. The predicted octanol–water partition coefficient (Wildman–Crippen LogP) is 3.79. The monoisotopic (exact) mass is 308 g/mol. The van der Waals surface area contributed by atoms with E-state index in [1.807, 2.05) is 18.2 Å². The van der Waals surface area contributed by atoms with Crippen LogP contribution in [0.2, 0.25) is 0 Å². The number of halogens is 1. The Morgan fingerprint density at radius 1 is 1.39 bits per heavy atom. The molecule has 3 nitrogen and oxygen atoms in total. The van der Waals surface area contributed by atoms with Crippen LogP contribution in [0.15, 0.2) is 27.1 Å². The van der Waals surface area contributed by atoms with Crippen LogP contribution in [0.3, 0.4) is 0 Å². The molecule has 96 valence electrons. The fourth-order valence-electron chi connectivity index (χ4n) is 2.59. The summed E-state index contributed by atoms with van der Waals surface area (Å²) in [6, 6.07) is 6.00. The van der Waals surface area contributed by atoms with Gasteiger partial charge in [-0.15, -0.1) is 0 Å². The summed E-state index contributed by atoms with van der Waals surface area (Å²) in [7, 11) is 0. The first-order valence-electron chi connectivity index (χ1n) is 6.54. The molecule has 1 aromatic carbocycles. The average Bonchev–Trinajstić information content (AvgIpc) is 2.81. The summed E-state index contributed by atoms with van der Waals surface area (Å²) in [6.45, 7) is 5.68. The lowest BCUT2D eigenvalue weighted by molar-refractivity contribution is 0.210. The molecule has 18 heavy (non-hydrogen) atoms. The van der Waals surface area contributed by atoms with E-state index in [2.05, 4.69) is 32.7 Å². The number of likely N-dealkylation sites (tertiary alicyclic amines) is 1. The minimum Gasteiger partial charge on any atom is -0.440 e. The number of aromatic nitrogens is 1. The van der Waals surface area contributed by atoms with Crippen molar-refractivity contribution in [1.29, 1.82) is 0 Å². The minimum atomic E-state index is 0.485. The van der Waals surface area contributed by atoms with Crippen LogP contribution in [0, 0.1) is 0 Å². The van der Waals surface area contributed by atoms with Gasteiger partial charge in [0.05, 0.1) is 0 Å². The van der Waals surface area contributed by atoms with Crippen molar-refractivity contribution < 1.29 is 4.42 Å². The molecule has 0 saturated carbocycles. The smallest absolute Gasteiger partial charge is 0.198 e. The van der Waals surface area contributed by atoms with Crippen LogP contribution in [0.25, 0.3) is 11.1 Å². The van der Waals surface area contributed by atoms with E-state index in [4.69, 9.17) is 4.42 Å². The highest BCUT2D eigenvalue weighted by molar-refractivity contribution is 9.10. The highest BCUT2D eigenvalue weighted by Crippen LogP contribution is 2.30. The van der Waals surface area contributed by atoms with Crippen molar-refractivity contribution in [2.24, 2.45) is 0 Å². The average molecular weight is 309 g/mol. The van der Waals surface area contributed by atoms with Gasteiger partial charge in [0.25, 0.3) is 0 Å². The summed E-state index contributed by atoms with van der Waals surface area (Å²) < 4.78 is 6.93. The number of rotatable bonds is 2. The lowest BCUT2D eigenvalue weighted by atomic mass is 9.97. The Morgan fingerprint density at radius 3 is 2.89 bits per heavy atom. The number of piperidine rings is 1. The van der Waals surface area contributed by atoms with E-state index in [1.54, 1.807) is 0 Å². The van der Waals surface area contributed by atoms with Crippen LogP contribution in [0.4, 0.5) is 0 Å². The van der Waals surface area contributed by atoms with Crippen LogP contribution in [-0.4, -0.2) is 29.5 Å². The highest BCUT2D eigenvalue weighted by atomic mass is 79.9. The SMILES string of the molecule is CCN1CCC(c2nc3cc(Br)ccc3o2)CC1. The van der Waals surface area contributed by atoms with Crippen LogP contribution >= 0.6 is 15.9 Å². The van der Waals surface area contributed by atoms with Crippen LogP contribution in [0.5, 0.6) is 0 Å². The van der Waals surface area contributed by atoms with E-state index in [0.717, 1.165) is 53.9 Å². The van der Waals surface area contributed by atoms with Crippen molar-refractivity contribution in [2.75, 3.05) is 19.6 Å². The molecule has 1 fully saturated rings. The van der Waals surface area contributed by atoms with E-state index in [1.165, 1.54) is 0 Å². The largest absolute Gasteiger partial charge is 0.440 e. The normalized spacial score (nSPS) is 18.6. The molecule has 1 aliphatic heterocycles. The van der Waals surface area contributed by atoms with E-state index in [-0.39, 0.29) is 0 Å². The molecule has 1 aliphatic rings. The Morgan fingerprint density at radius 2 is 2.17 bits per heavy atom. The maximum absolute atomic E-state index is 5.88. The number of benzene rings is 1. The Hall–Kier alpha value is -0.870. The van der Waals surface area contributed by atoms with E-state index in [9.17, 15) is 0 Å². The van der Waals surface area contributed by atoms with Crippen LogP contribution in [-0.2, 0) is 0 Å². The zero-order valence-corrected chi connectivity index (χ0v) is 12.1. The van der Waals surface area contributed by atoms with Gasteiger partial charge < -0.3 is 9.32 Å². The van der Waals surface area contributed by atoms with E-state index in [0.29, 0.717) is 5.92 Å². The maximum atomic E-state index is 5.88. The number of oxazole rings is 1. The quantitative estimate of drug-likeness (QED) is 0.845. The molecular formula is C14H17BrN2O. The Kier molecular flexibility index (Phi) is 3.39. The maximum Gasteiger partial charge on any atom is 0.198 e. The first kappa shape index (κ1) is 12.2. The number of hydrogen-bond donors (Lipinski definition) is 0. The Bertz CT molecular complexity index is 544. The molecule has 3 rings (SSSR count). The third-order valence-corrected chi connectivity index (χ3v) is 4.24. The summed E-state index contributed by atoms with van der Waals surface area (Å²) in [6.07, 6.45) is 2.31. The molecule has 0 amide bonds. The molecule has 0 bridgehead atoms. The summed E-state index contributed by atoms with van der Waals surface area (Å²) in [4.78, 5) is 7.11. The molecular weight excluding hydrogens is 292 g/mol. The standard InChI is InChI=1S/C14H17BrN2O/c1-2-17-7-5-10(6-8-17)14-16-12-9-11(15)3-4-13(12)18-14/h3-4,9-10H,2,5-8H2,1H3. The minimum absolute atomic E-state index is 0.485. The summed E-state index contributed by atoms with van der Waals surface area (Å²) >= 11 is 3.47. The second-order valence-corrected chi connectivity index (χ2v) is 5.79. The van der Waals surface area contributed by atoms with Crippen molar-refractivity contribution >= 4 is 27.0 Å². The third kappa shape index (κ3) is 2.31. The molecule has 1 saturated heterocycles. The van der Waals surface area contributed by atoms with Crippen molar-refractivity contribution in [3.8, 4) is 0 Å². The van der Waals surface area contributed by atoms with Gasteiger partial charge in [-0.1, -0.05) is 22.9 Å². The molecule has 0 radical (unpaired) electrons. The summed E-state index contributed by atoms with van der Waals surface area (Å²) in [5.74, 6) is 1.40. The zero-order chi connectivity index (χ0) is 12.5. The van der Waals surface area contributed by atoms with Gasteiger partial charge in [0.2, 0.25) is 0 Å². The first-order chi connectivity index (χ1) is 8.76. The second-order valence-electron chi connectivity index (χ2n) is 4.87. The van der Waals surface area contributed by atoms with Crippen molar-refractivity contribution in [3.05, 3.63) is 28.6 Å². The van der Waals surface area contributed by atoms with E-state index < -0.39 is 0 Å². The molecule has 0 atom stereocenters. The topological polar surface area (TPSA) is 29.3 Å². The molecule has 2 aromatic rings.